The Bertz CT molecular complexity index is 1540. The summed E-state index contributed by atoms with van der Waals surface area (Å²) in [5.74, 6) is 3.94. The van der Waals surface area contributed by atoms with E-state index in [0.717, 1.165) is 32.0 Å². The van der Waals surface area contributed by atoms with Crippen LogP contribution in [0.4, 0.5) is 14.7 Å². The molecule has 2 aliphatic heterocycles. The van der Waals surface area contributed by atoms with Gasteiger partial charge in [-0.05, 0) is 31.8 Å². The number of hydrogen-bond donors (Lipinski definition) is 2. The van der Waals surface area contributed by atoms with Crippen LogP contribution in [0.2, 0.25) is 10.0 Å². The van der Waals surface area contributed by atoms with Gasteiger partial charge in [-0.15, -0.1) is 0 Å². The molecule has 2 aliphatic rings. The summed E-state index contributed by atoms with van der Waals surface area (Å²) in [7, 11) is 0. The van der Waals surface area contributed by atoms with E-state index in [1.807, 2.05) is 17.5 Å². The molecule has 2 fully saturated rings. The molecular weight excluding hydrogens is 511 g/mol. The second kappa shape index (κ2) is 8.56. The standard InChI is InChI=1S/C24H21Cl2F2N7O/c1-12-20(29)24(11-36-12)4-7-34(8-5-24)23-31-21-17(22-30-6-9-35(22)23)16(32-33-21)3-2-13-18(27)14(25)10-15(26)19(13)28/h6,9-10,12,20H,4-5,7-8,11,29H2,1H3,(H,32,33)/t12-,20+/m0/s1. The van der Waals surface area contributed by atoms with Crippen molar-refractivity contribution in [3.05, 3.63) is 51.4 Å². The Morgan fingerprint density at radius 1 is 1.19 bits per heavy atom. The lowest BCUT2D eigenvalue weighted by Gasteiger charge is -2.41. The highest BCUT2D eigenvalue weighted by Crippen LogP contribution is 2.42. The molecular formula is C24H21Cl2F2N7O. The fraction of sp³-hybridized carbons (Fsp3) is 0.375. The van der Waals surface area contributed by atoms with Crippen LogP contribution in [0.1, 0.15) is 31.0 Å². The molecule has 0 unspecified atom stereocenters. The first-order chi connectivity index (χ1) is 17.3. The first-order valence-corrected chi connectivity index (χ1v) is 12.2. The number of nitrogens with zero attached hydrogens (tertiary/aromatic N) is 5. The lowest BCUT2D eigenvalue weighted by Crippen LogP contribution is -2.51. The van der Waals surface area contributed by atoms with Gasteiger partial charge in [-0.2, -0.15) is 10.1 Å². The third kappa shape index (κ3) is 3.53. The number of imidazole rings is 1. The summed E-state index contributed by atoms with van der Waals surface area (Å²) < 4.78 is 36.5. The van der Waals surface area contributed by atoms with Gasteiger partial charge in [0, 0.05) is 36.9 Å². The predicted octanol–water partition coefficient (Wildman–Crippen LogP) is 3.92. The summed E-state index contributed by atoms with van der Waals surface area (Å²) in [5, 5.41) is 7.01. The van der Waals surface area contributed by atoms with Crippen molar-refractivity contribution in [3.63, 3.8) is 0 Å². The molecule has 0 saturated carbocycles. The molecule has 0 bridgehead atoms. The number of anilines is 1. The smallest absolute Gasteiger partial charge is 0.213 e. The van der Waals surface area contributed by atoms with Gasteiger partial charge in [-0.1, -0.05) is 29.1 Å². The summed E-state index contributed by atoms with van der Waals surface area (Å²) in [6.07, 6.45) is 5.32. The summed E-state index contributed by atoms with van der Waals surface area (Å²) in [6.45, 7) is 4.24. The van der Waals surface area contributed by atoms with E-state index in [2.05, 4.69) is 31.9 Å². The quantitative estimate of drug-likeness (QED) is 0.285. The van der Waals surface area contributed by atoms with E-state index in [9.17, 15) is 8.78 Å². The van der Waals surface area contributed by atoms with Crippen molar-refractivity contribution < 1.29 is 13.5 Å². The lowest BCUT2D eigenvalue weighted by atomic mass is 9.73. The van der Waals surface area contributed by atoms with Crippen LogP contribution in [0.25, 0.3) is 16.7 Å². The average molecular weight is 532 g/mol. The molecule has 186 valence electrons. The molecule has 12 heteroatoms. The van der Waals surface area contributed by atoms with Crippen molar-refractivity contribution in [1.29, 1.82) is 0 Å². The summed E-state index contributed by atoms with van der Waals surface area (Å²) in [5.41, 5.74) is 7.21. The Morgan fingerprint density at radius 2 is 1.92 bits per heavy atom. The molecule has 1 aromatic carbocycles. The number of aromatic amines is 1. The summed E-state index contributed by atoms with van der Waals surface area (Å²) >= 11 is 11.6. The van der Waals surface area contributed by atoms with E-state index < -0.39 is 17.2 Å². The minimum Gasteiger partial charge on any atom is -0.376 e. The number of nitrogens with one attached hydrogen (secondary N) is 1. The molecule has 8 nitrogen and oxygen atoms in total. The molecule has 1 spiro atoms. The number of benzene rings is 1. The first-order valence-electron chi connectivity index (χ1n) is 11.5. The molecule has 3 aromatic heterocycles. The van der Waals surface area contributed by atoms with Crippen molar-refractivity contribution in [2.24, 2.45) is 11.1 Å². The fourth-order valence-electron chi connectivity index (χ4n) is 5.17. The van der Waals surface area contributed by atoms with E-state index in [0.29, 0.717) is 29.2 Å². The van der Waals surface area contributed by atoms with Crippen LogP contribution in [-0.2, 0) is 4.74 Å². The number of rotatable bonds is 1. The second-order valence-electron chi connectivity index (χ2n) is 9.31. The topological polar surface area (TPSA) is 97.4 Å². The number of H-pyrrole nitrogens is 1. The van der Waals surface area contributed by atoms with Crippen LogP contribution in [-0.4, -0.2) is 56.4 Å². The number of ether oxygens (including phenoxy) is 1. The van der Waals surface area contributed by atoms with E-state index in [4.69, 9.17) is 38.7 Å². The number of halogens is 4. The Morgan fingerprint density at radius 3 is 2.58 bits per heavy atom. The Labute approximate surface area is 214 Å². The monoisotopic (exact) mass is 531 g/mol. The number of nitrogens with two attached hydrogens (primary N) is 1. The van der Waals surface area contributed by atoms with E-state index >= 15 is 0 Å². The summed E-state index contributed by atoms with van der Waals surface area (Å²) in [4.78, 5) is 11.5. The molecule has 36 heavy (non-hydrogen) atoms. The van der Waals surface area contributed by atoms with Crippen LogP contribution in [0.3, 0.4) is 0 Å². The van der Waals surface area contributed by atoms with E-state index in [1.54, 1.807) is 6.20 Å². The van der Waals surface area contributed by atoms with Gasteiger partial charge in [-0.25, -0.2) is 13.8 Å². The molecule has 2 atom stereocenters. The maximum atomic E-state index is 14.4. The van der Waals surface area contributed by atoms with E-state index in [-0.39, 0.29) is 33.3 Å². The molecule has 3 N–H and O–H groups in total. The fourth-order valence-corrected chi connectivity index (χ4v) is 5.64. The maximum absolute atomic E-state index is 14.4. The zero-order valence-corrected chi connectivity index (χ0v) is 20.7. The van der Waals surface area contributed by atoms with E-state index in [1.165, 1.54) is 0 Å². The van der Waals surface area contributed by atoms with Gasteiger partial charge >= 0.3 is 0 Å². The van der Waals surface area contributed by atoms with Crippen LogP contribution >= 0.6 is 23.2 Å². The van der Waals surface area contributed by atoms with Crippen LogP contribution in [0, 0.1) is 28.9 Å². The van der Waals surface area contributed by atoms with Gasteiger partial charge in [-0.3, -0.25) is 9.50 Å². The average Bonchev–Trinajstić information content (AvgIpc) is 3.58. The predicted molar refractivity (Wildman–Crippen MR) is 132 cm³/mol. The third-order valence-corrected chi connectivity index (χ3v) is 7.90. The molecule has 2 saturated heterocycles. The molecule has 0 aliphatic carbocycles. The minimum absolute atomic E-state index is 0.0149. The SMILES string of the molecule is C[C@@H]1OCC2(CCN(c3nc4[nH]nc(C#Cc5c(F)c(Cl)cc(Cl)c5F)c4c4nccn34)CC2)[C@@H]1N. The highest BCUT2D eigenvalue weighted by molar-refractivity contribution is 6.35. The highest BCUT2D eigenvalue weighted by atomic mass is 35.5. The number of piperidine rings is 1. The molecule has 0 amide bonds. The minimum atomic E-state index is -0.984. The van der Waals surface area contributed by atoms with Gasteiger partial charge in [0.25, 0.3) is 0 Å². The molecule has 6 rings (SSSR count). The second-order valence-corrected chi connectivity index (χ2v) is 10.1. The molecule has 4 aromatic rings. The van der Waals surface area contributed by atoms with Gasteiger partial charge < -0.3 is 15.4 Å². The van der Waals surface area contributed by atoms with Crippen molar-refractivity contribution >= 4 is 45.8 Å². The zero-order chi connectivity index (χ0) is 25.2. The number of hydrogen-bond acceptors (Lipinski definition) is 6. The number of aromatic nitrogens is 5. The van der Waals surface area contributed by atoms with Crippen LogP contribution < -0.4 is 10.6 Å². The zero-order valence-electron chi connectivity index (χ0n) is 19.2. The van der Waals surface area contributed by atoms with Gasteiger partial charge in [0.15, 0.2) is 22.9 Å². The lowest BCUT2D eigenvalue weighted by molar-refractivity contribution is 0.0973. The summed E-state index contributed by atoms with van der Waals surface area (Å²) in [6, 6.07) is 1.01. The van der Waals surface area contributed by atoms with Crippen molar-refractivity contribution in [1.82, 2.24) is 24.6 Å². The molecule has 5 heterocycles. The molecule has 0 radical (unpaired) electrons. The number of fused-ring (bicyclic) bond motifs is 3. The highest BCUT2D eigenvalue weighted by Gasteiger charge is 2.47. The van der Waals surface area contributed by atoms with Crippen molar-refractivity contribution in [2.75, 3.05) is 24.6 Å². The van der Waals surface area contributed by atoms with Crippen molar-refractivity contribution in [2.45, 2.75) is 31.9 Å². The Hall–Kier alpha value is -2.97. The van der Waals surface area contributed by atoms with Gasteiger partial charge in [0.05, 0.1) is 33.7 Å². The largest absolute Gasteiger partial charge is 0.376 e. The first kappa shape index (κ1) is 23.4. The third-order valence-electron chi connectivity index (χ3n) is 7.35. The normalized spacial score (nSPS) is 21.4. The Kier molecular flexibility index (Phi) is 5.57. The Balaban J connectivity index is 1.37. The van der Waals surface area contributed by atoms with Gasteiger partial charge in [0.2, 0.25) is 5.95 Å². The van der Waals surface area contributed by atoms with Crippen molar-refractivity contribution in [3.8, 4) is 11.8 Å². The van der Waals surface area contributed by atoms with Crippen LogP contribution in [0.15, 0.2) is 18.5 Å². The van der Waals surface area contributed by atoms with Crippen LogP contribution in [0.5, 0.6) is 0 Å². The van der Waals surface area contributed by atoms with Gasteiger partial charge in [0.1, 0.15) is 5.69 Å². The maximum Gasteiger partial charge on any atom is 0.213 e.